The Kier molecular flexibility index (Phi) is 7.02. The van der Waals surface area contributed by atoms with Crippen molar-refractivity contribution in [2.75, 3.05) is 0 Å². The standard InChI is InChI=1S/C21H35NO2/c1-5-6-7-8-9-10-11-14-18-16-17-13-12-15-19(17)22(18)20(23)24-21(2,3)4/h17-19H,5-9,12-16H2,1-4H3/t17-,18+,19-/m1/s1. The molecular weight excluding hydrogens is 298 g/mol. The van der Waals surface area contributed by atoms with E-state index in [1.54, 1.807) is 0 Å². The molecule has 3 atom stereocenters. The van der Waals surface area contributed by atoms with Crippen LogP contribution in [-0.2, 0) is 4.74 Å². The lowest BCUT2D eigenvalue weighted by Gasteiger charge is -2.31. The molecule has 1 heterocycles. The van der Waals surface area contributed by atoms with E-state index in [0.29, 0.717) is 12.0 Å². The Morgan fingerprint density at radius 2 is 1.96 bits per heavy atom. The number of rotatable bonds is 5. The normalized spacial score (nSPS) is 26.0. The van der Waals surface area contributed by atoms with Gasteiger partial charge < -0.3 is 9.64 Å². The molecule has 2 fully saturated rings. The summed E-state index contributed by atoms with van der Waals surface area (Å²) in [6, 6.07) is 0.634. The lowest BCUT2D eigenvalue weighted by molar-refractivity contribution is 0.0143. The Bertz CT molecular complexity index is 468. The van der Waals surface area contributed by atoms with Crippen molar-refractivity contribution in [1.29, 1.82) is 0 Å². The lowest BCUT2D eigenvalue weighted by atomic mass is 10.0. The molecule has 2 aliphatic rings. The largest absolute Gasteiger partial charge is 0.444 e. The average Bonchev–Trinajstić information content (AvgIpc) is 3.04. The molecule has 136 valence electrons. The highest BCUT2D eigenvalue weighted by Gasteiger charge is 2.46. The Morgan fingerprint density at radius 3 is 2.67 bits per heavy atom. The van der Waals surface area contributed by atoms with Gasteiger partial charge in [-0.05, 0) is 52.4 Å². The number of likely N-dealkylation sites (tertiary alicyclic amines) is 1. The molecule has 0 aromatic carbocycles. The number of hydrogen-bond donors (Lipinski definition) is 0. The van der Waals surface area contributed by atoms with Crippen molar-refractivity contribution in [3.63, 3.8) is 0 Å². The van der Waals surface area contributed by atoms with Gasteiger partial charge in [-0.1, -0.05) is 32.6 Å². The molecule has 1 amide bonds. The van der Waals surface area contributed by atoms with Gasteiger partial charge in [0.25, 0.3) is 0 Å². The molecule has 0 N–H and O–H groups in total. The van der Waals surface area contributed by atoms with Crippen molar-refractivity contribution < 1.29 is 9.53 Å². The zero-order chi connectivity index (χ0) is 17.6. The van der Waals surface area contributed by atoms with Gasteiger partial charge in [-0.25, -0.2) is 4.79 Å². The van der Waals surface area contributed by atoms with E-state index in [2.05, 4.69) is 18.8 Å². The number of unbranched alkanes of at least 4 members (excludes halogenated alkanes) is 4. The van der Waals surface area contributed by atoms with Crippen molar-refractivity contribution in [1.82, 2.24) is 4.90 Å². The SMILES string of the molecule is CCCCCCC#CC[C@H]1C[C@H]2CCC[C@H]2N1C(=O)OC(C)(C)C. The zero-order valence-corrected chi connectivity index (χ0v) is 16.1. The van der Waals surface area contributed by atoms with Gasteiger partial charge in [0.1, 0.15) is 5.60 Å². The fraction of sp³-hybridized carbons (Fsp3) is 0.857. The van der Waals surface area contributed by atoms with E-state index in [1.807, 2.05) is 25.7 Å². The van der Waals surface area contributed by atoms with E-state index in [9.17, 15) is 4.79 Å². The Hall–Kier alpha value is -1.17. The van der Waals surface area contributed by atoms with Gasteiger partial charge in [0.05, 0.1) is 0 Å². The van der Waals surface area contributed by atoms with Crippen molar-refractivity contribution >= 4 is 6.09 Å². The zero-order valence-electron chi connectivity index (χ0n) is 16.1. The summed E-state index contributed by atoms with van der Waals surface area (Å²) < 4.78 is 5.67. The highest BCUT2D eigenvalue weighted by Crippen LogP contribution is 2.42. The highest BCUT2D eigenvalue weighted by molar-refractivity contribution is 5.69. The van der Waals surface area contributed by atoms with Crippen molar-refractivity contribution in [2.24, 2.45) is 5.92 Å². The lowest BCUT2D eigenvalue weighted by Crippen LogP contribution is -2.44. The van der Waals surface area contributed by atoms with Crippen LogP contribution in [0, 0.1) is 17.8 Å². The Labute approximate surface area is 148 Å². The Balaban J connectivity index is 1.90. The van der Waals surface area contributed by atoms with Gasteiger partial charge in [0.2, 0.25) is 0 Å². The fourth-order valence-electron chi connectivity index (χ4n) is 4.09. The smallest absolute Gasteiger partial charge is 0.410 e. The predicted molar refractivity (Wildman–Crippen MR) is 98.8 cm³/mol. The first-order valence-corrected chi connectivity index (χ1v) is 9.89. The van der Waals surface area contributed by atoms with Gasteiger partial charge in [-0.3, -0.25) is 0 Å². The van der Waals surface area contributed by atoms with E-state index < -0.39 is 5.60 Å². The van der Waals surface area contributed by atoms with Gasteiger partial charge in [0.15, 0.2) is 0 Å². The predicted octanol–water partition coefficient (Wildman–Crippen LogP) is 5.53. The maximum Gasteiger partial charge on any atom is 0.410 e. The second kappa shape index (κ2) is 8.79. The first kappa shape index (κ1) is 19.2. The third-order valence-corrected chi connectivity index (χ3v) is 5.17. The molecule has 1 saturated carbocycles. The van der Waals surface area contributed by atoms with Crippen molar-refractivity contribution in [3.05, 3.63) is 0 Å². The third kappa shape index (κ3) is 5.43. The minimum absolute atomic E-state index is 0.133. The molecule has 0 bridgehead atoms. The maximum absolute atomic E-state index is 12.7. The monoisotopic (exact) mass is 333 g/mol. The molecule has 0 aromatic heterocycles. The Morgan fingerprint density at radius 1 is 1.17 bits per heavy atom. The molecule has 3 nitrogen and oxygen atoms in total. The van der Waals surface area contributed by atoms with Crippen LogP contribution in [-0.4, -0.2) is 28.7 Å². The number of carbonyl (C=O) groups is 1. The van der Waals surface area contributed by atoms with E-state index >= 15 is 0 Å². The number of hydrogen-bond acceptors (Lipinski definition) is 2. The van der Waals surface area contributed by atoms with Crippen LogP contribution in [0.25, 0.3) is 0 Å². The van der Waals surface area contributed by atoms with Crippen molar-refractivity contribution in [2.45, 2.75) is 110 Å². The molecular formula is C21H35NO2. The second-order valence-electron chi connectivity index (χ2n) is 8.40. The van der Waals surface area contributed by atoms with Gasteiger partial charge in [-0.2, -0.15) is 0 Å². The summed E-state index contributed by atoms with van der Waals surface area (Å²) >= 11 is 0. The number of nitrogens with zero attached hydrogens (tertiary/aromatic N) is 1. The van der Waals surface area contributed by atoms with Crippen LogP contribution < -0.4 is 0 Å². The van der Waals surface area contributed by atoms with Crippen molar-refractivity contribution in [3.8, 4) is 11.8 Å². The highest BCUT2D eigenvalue weighted by atomic mass is 16.6. The van der Waals surface area contributed by atoms with Crippen LogP contribution in [0.5, 0.6) is 0 Å². The first-order chi connectivity index (χ1) is 11.4. The first-order valence-electron chi connectivity index (χ1n) is 9.89. The molecule has 1 aliphatic carbocycles. The van der Waals surface area contributed by atoms with E-state index in [-0.39, 0.29) is 12.1 Å². The molecule has 24 heavy (non-hydrogen) atoms. The molecule has 3 heteroatoms. The van der Waals surface area contributed by atoms with Crippen LogP contribution in [0.2, 0.25) is 0 Å². The van der Waals surface area contributed by atoms with Gasteiger partial charge in [0, 0.05) is 24.9 Å². The number of amides is 1. The third-order valence-electron chi connectivity index (χ3n) is 5.17. The average molecular weight is 334 g/mol. The summed E-state index contributed by atoms with van der Waals surface area (Å²) in [5.74, 6) is 7.32. The van der Waals surface area contributed by atoms with Gasteiger partial charge in [-0.15, -0.1) is 11.8 Å². The summed E-state index contributed by atoms with van der Waals surface area (Å²) in [7, 11) is 0. The number of carbonyl (C=O) groups excluding carboxylic acids is 1. The molecule has 1 saturated heterocycles. The summed E-state index contributed by atoms with van der Waals surface area (Å²) in [6.07, 6.45) is 11.4. The molecule has 1 aliphatic heterocycles. The quantitative estimate of drug-likeness (QED) is 0.489. The minimum atomic E-state index is -0.427. The molecule has 0 aromatic rings. The minimum Gasteiger partial charge on any atom is -0.444 e. The van der Waals surface area contributed by atoms with E-state index in [1.165, 1.54) is 38.5 Å². The number of ether oxygens (including phenoxy) is 1. The van der Waals surface area contributed by atoms with E-state index in [4.69, 9.17) is 4.74 Å². The molecule has 0 radical (unpaired) electrons. The molecule has 0 spiro atoms. The summed E-state index contributed by atoms with van der Waals surface area (Å²) in [5, 5.41) is 0. The maximum atomic E-state index is 12.7. The van der Waals surface area contributed by atoms with Crippen LogP contribution >= 0.6 is 0 Å². The topological polar surface area (TPSA) is 29.5 Å². The fourth-order valence-corrected chi connectivity index (χ4v) is 4.09. The summed E-state index contributed by atoms with van der Waals surface area (Å²) in [6.45, 7) is 8.06. The summed E-state index contributed by atoms with van der Waals surface area (Å²) in [4.78, 5) is 14.7. The van der Waals surface area contributed by atoms with Crippen LogP contribution in [0.4, 0.5) is 4.79 Å². The number of fused-ring (bicyclic) bond motifs is 1. The van der Waals surface area contributed by atoms with Crippen LogP contribution in [0.1, 0.15) is 91.9 Å². The molecule has 0 unspecified atom stereocenters. The molecule has 2 rings (SSSR count). The second-order valence-corrected chi connectivity index (χ2v) is 8.40. The van der Waals surface area contributed by atoms with Crippen LogP contribution in [0.3, 0.4) is 0 Å². The van der Waals surface area contributed by atoms with Crippen LogP contribution in [0.15, 0.2) is 0 Å². The van der Waals surface area contributed by atoms with Gasteiger partial charge >= 0.3 is 6.09 Å². The van der Waals surface area contributed by atoms with E-state index in [0.717, 1.165) is 25.7 Å². The summed E-state index contributed by atoms with van der Waals surface area (Å²) in [5.41, 5.74) is -0.427.